The molecule has 0 saturated heterocycles. The lowest BCUT2D eigenvalue weighted by Gasteiger charge is -2.27. The predicted molar refractivity (Wildman–Crippen MR) is 190 cm³/mol. The predicted octanol–water partition coefficient (Wildman–Crippen LogP) is 5.96. The highest BCUT2D eigenvalue weighted by Gasteiger charge is 2.27. The van der Waals surface area contributed by atoms with Gasteiger partial charge in [0.15, 0.2) is 6.61 Å². The van der Waals surface area contributed by atoms with Crippen LogP contribution in [0.4, 0.5) is 30.6 Å². The van der Waals surface area contributed by atoms with Gasteiger partial charge in [0.2, 0.25) is 5.91 Å². The Morgan fingerprint density at radius 1 is 0.788 bits per heavy atom. The monoisotopic (exact) mass is 716 g/mol. The van der Waals surface area contributed by atoms with Crippen molar-refractivity contribution in [2.75, 3.05) is 49.0 Å². The fourth-order valence-electron chi connectivity index (χ4n) is 4.97. The van der Waals surface area contributed by atoms with E-state index < -0.39 is 66.7 Å². The number of nitrogens with zero attached hydrogens (tertiary/aromatic N) is 2. The molecule has 272 valence electrons. The van der Waals surface area contributed by atoms with Crippen molar-refractivity contribution in [1.82, 2.24) is 5.32 Å². The minimum Gasteiger partial charge on any atom is -0.482 e. The average molecular weight is 717 g/mol. The minimum absolute atomic E-state index is 0.0609. The number of nitrogens with one attached hydrogen (secondary N) is 2. The standard InChI is InChI=1S/C38H38F2N4O8/c1-38(2,3)52-35(47)22-44(33(45)21-41-37(49)42-28-12-10-11-24(19-28)36(48)50-5)31-15-8-9-16-32(31)51-23-34(46)43(4)30-14-7-6-13-29(30)25-17-26(39)20-27(40)18-25/h6-20H,21-23H2,1-5H3,(H2,41,42,49). The molecule has 4 aromatic carbocycles. The molecule has 0 unspecified atom stereocenters. The lowest BCUT2D eigenvalue weighted by molar-refractivity contribution is -0.153. The fraction of sp³-hybridized carbons (Fsp3) is 0.237. The minimum atomic E-state index is -0.872. The largest absolute Gasteiger partial charge is 0.482 e. The lowest BCUT2D eigenvalue weighted by Crippen LogP contribution is -2.45. The molecule has 0 bridgehead atoms. The van der Waals surface area contributed by atoms with Crippen LogP contribution in [0.15, 0.2) is 91.0 Å². The van der Waals surface area contributed by atoms with Crippen LogP contribution in [0.2, 0.25) is 0 Å². The maximum absolute atomic E-state index is 14.0. The summed E-state index contributed by atoms with van der Waals surface area (Å²) in [6, 6.07) is 21.0. The zero-order valence-corrected chi connectivity index (χ0v) is 29.2. The van der Waals surface area contributed by atoms with E-state index in [0.717, 1.165) is 23.1 Å². The smallest absolute Gasteiger partial charge is 0.337 e. The summed E-state index contributed by atoms with van der Waals surface area (Å²) in [6.45, 7) is 3.34. The highest BCUT2D eigenvalue weighted by Crippen LogP contribution is 2.32. The second kappa shape index (κ2) is 17.1. The summed E-state index contributed by atoms with van der Waals surface area (Å²) in [5.74, 6) is -4.10. The number of benzene rings is 4. The van der Waals surface area contributed by atoms with E-state index >= 15 is 0 Å². The summed E-state index contributed by atoms with van der Waals surface area (Å²) >= 11 is 0. The first kappa shape index (κ1) is 38.5. The van der Waals surface area contributed by atoms with E-state index in [-0.39, 0.29) is 28.3 Å². The maximum atomic E-state index is 14.0. The third-order valence-electron chi connectivity index (χ3n) is 7.27. The van der Waals surface area contributed by atoms with Gasteiger partial charge in [-0.2, -0.15) is 0 Å². The Labute approximate surface area is 299 Å². The molecule has 4 rings (SSSR count). The normalized spacial score (nSPS) is 10.8. The number of halogens is 2. The van der Waals surface area contributed by atoms with Crippen molar-refractivity contribution in [3.8, 4) is 16.9 Å². The van der Waals surface area contributed by atoms with Crippen LogP contribution in [0.3, 0.4) is 0 Å². The third kappa shape index (κ3) is 10.6. The summed E-state index contributed by atoms with van der Waals surface area (Å²) in [5, 5.41) is 4.97. The number of rotatable bonds is 12. The fourth-order valence-corrected chi connectivity index (χ4v) is 4.97. The van der Waals surface area contributed by atoms with Crippen LogP contribution in [0.1, 0.15) is 31.1 Å². The molecule has 4 amide bonds. The van der Waals surface area contributed by atoms with Crippen molar-refractivity contribution in [2.24, 2.45) is 0 Å². The Hall–Kier alpha value is -6.31. The molecule has 0 saturated carbocycles. The highest BCUT2D eigenvalue weighted by molar-refractivity contribution is 6.03. The van der Waals surface area contributed by atoms with Gasteiger partial charge >= 0.3 is 18.0 Å². The Balaban J connectivity index is 1.52. The number of hydrogen-bond acceptors (Lipinski definition) is 8. The molecule has 0 spiro atoms. The first-order chi connectivity index (χ1) is 24.6. The van der Waals surface area contributed by atoms with Crippen molar-refractivity contribution in [3.05, 3.63) is 108 Å². The zero-order valence-electron chi connectivity index (χ0n) is 29.2. The van der Waals surface area contributed by atoms with E-state index in [2.05, 4.69) is 10.6 Å². The maximum Gasteiger partial charge on any atom is 0.337 e. The summed E-state index contributed by atoms with van der Waals surface area (Å²) in [7, 11) is 2.71. The number of methoxy groups -OCH3 is 1. The van der Waals surface area contributed by atoms with Crippen LogP contribution in [-0.2, 0) is 23.9 Å². The highest BCUT2D eigenvalue weighted by atomic mass is 19.1. The molecule has 14 heteroatoms. The first-order valence-electron chi connectivity index (χ1n) is 15.9. The number of likely N-dealkylation sites (N-methyl/N-ethyl adjacent to an activating group) is 1. The van der Waals surface area contributed by atoms with Crippen molar-refractivity contribution < 1.29 is 47.0 Å². The molecular weight excluding hydrogens is 678 g/mol. The lowest BCUT2D eigenvalue weighted by atomic mass is 10.0. The average Bonchev–Trinajstić information content (AvgIpc) is 3.10. The molecule has 0 radical (unpaired) electrons. The molecule has 0 aliphatic rings. The molecule has 0 heterocycles. The van der Waals surface area contributed by atoms with Crippen molar-refractivity contribution >= 4 is 46.8 Å². The Kier molecular flexibility index (Phi) is 12.6. The van der Waals surface area contributed by atoms with Crippen molar-refractivity contribution in [2.45, 2.75) is 26.4 Å². The van der Waals surface area contributed by atoms with Gasteiger partial charge in [0.1, 0.15) is 29.5 Å². The molecule has 12 nitrogen and oxygen atoms in total. The number of amides is 4. The van der Waals surface area contributed by atoms with Gasteiger partial charge in [0, 0.05) is 24.4 Å². The van der Waals surface area contributed by atoms with Gasteiger partial charge in [-0.1, -0.05) is 36.4 Å². The van der Waals surface area contributed by atoms with Crippen molar-refractivity contribution in [3.63, 3.8) is 0 Å². The van der Waals surface area contributed by atoms with E-state index in [1.54, 1.807) is 63.2 Å². The van der Waals surface area contributed by atoms with Crippen LogP contribution in [0.25, 0.3) is 11.1 Å². The number of ether oxygens (including phenoxy) is 3. The molecule has 0 atom stereocenters. The summed E-state index contributed by atoms with van der Waals surface area (Å²) < 4.78 is 44.1. The number of anilines is 3. The molecule has 4 aromatic rings. The van der Waals surface area contributed by atoms with Crippen LogP contribution in [-0.4, -0.2) is 69.2 Å². The number of carbonyl (C=O) groups is 5. The third-order valence-corrected chi connectivity index (χ3v) is 7.27. The summed E-state index contributed by atoms with van der Waals surface area (Å²) in [5.41, 5.74) is 0.690. The number of hydrogen-bond donors (Lipinski definition) is 2. The van der Waals surface area contributed by atoms with Crippen LogP contribution in [0, 0.1) is 11.6 Å². The van der Waals surface area contributed by atoms with Crippen molar-refractivity contribution in [1.29, 1.82) is 0 Å². The van der Waals surface area contributed by atoms with Gasteiger partial charge in [-0.15, -0.1) is 0 Å². The number of para-hydroxylation sites is 3. The topological polar surface area (TPSA) is 144 Å². The van der Waals surface area contributed by atoms with Gasteiger partial charge in [-0.05, 0) is 74.9 Å². The van der Waals surface area contributed by atoms with Crippen LogP contribution < -0.4 is 25.2 Å². The number of carbonyl (C=O) groups excluding carboxylic acids is 5. The molecule has 52 heavy (non-hydrogen) atoms. The second-order valence-corrected chi connectivity index (χ2v) is 12.3. The van der Waals surface area contributed by atoms with Gasteiger partial charge in [-0.25, -0.2) is 18.4 Å². The first-order valence-corrected chi connectivity index (χ1v) is 15.9. The van der Waals surface area contributed by atoms with Gasteiger partial charge in [0.05, 0.1) is 30.6 Å². The summed E-state index contributed by atoms with van der Waals surface area (Å²) in [4.78, 5) is 66.9. The quantitative estimate of drug-likeness (QED) is 0.171. The summed E-state index contributed by atoms with van der Waals surface area (Å²) in [6.07, 6.45) is 0. The Bertz CT molecular complexity index is 1940. The molecule has 0 fully saturated rings. The van der Waals surface area contributed by atoms with E-state index in [1.807, 2.05) is 0 Å². The molecule has 0 aliphatic heterocycles. The number of urea groups is 1. The number of esters is 2. The molecule has 0 aliphatic carbocycles. The van der Waals surface area contributed by atoms with Crippen LogP contribution >= 0.6 is 0 Å². The van der Waals surface area contributed by atoms with E-state index in [0.29, 0.717) is 11.3 Å². The van der Waals surface area contributed by atoms with Crippen LogP contribution in [0.5, 0.6) is 5.75 Å². The van der Waals surface area contributed by atoms with E-state index in [9.17, 15) is 32.8 Å². The Morgan fingerprint density at radius 3 is 2.12 bits per heavy atom. The Morgan fingerprint density at radius 2 is 1.44 bits per heavy atom. The van der Waals surface area contributed by atoms with Gasteiger partial charge in [-0.3, -0.25) is 19.3 Å². The van der Waals surface area contributed by atoms with E-state index in [4.69, 9.17) is 14.2 Å². The van der Waals surface area contributed by atoms with Gasteiger partial charge in [0.25, 0.3) is 5.91 Å². The molecule has 0 aromatic heterocycles. The SMILES string of the molecule is COC(=O)c1cccc(NC(=O)NCC(=O)N(CC(=O)OC(C)(C)C)c2ccccc2OCC(=O)N(C)c2ccccc2-c2cc(F)cc(F)c2)c1. The zero-order chi connectivity index (χ0) is 38.0. The van der Waals surface area contributed by atoms with E-state index in [1.165, 1.54) is 49.4 Å². The second-order valence-electron chi connectivity index (χ2n) is 12.3. The molecule has 2 N–H and O–H groups in total. The van der Waals surface area contributed by atoms with Gasteiger partial charge < -0.3 is 29.7 Å². The molecular formula is C38H38F2N4O8.